The molecule has 0 aromatic carbocycles. The van der Waals surface area contributed by atoms with Gasteiger partial charge in [-0.05, 0) is 61.3 Å². The lowest BCUT2D eigenvalue weighted by molar-refractivity contribution is -0.146. The molecule has 0 bridgehead atoms. The van der Waals surface area contributed by atoms with Crippen LogP contribution < -0.4 is 0 Å². The van der Waals surface area contributed by atoms with E-state index in [9.17, 15) is 14.4 Å². The molecule has 156 valence electrons. The molecule has 0 radical (unpaired) electrons. The van der Waals surface area contributed by atoms with Crippen LogP contribution >= 0.6 is 0 Å². The van der Waals surface area contributed by atoms with Gasteiger partial charge in [-0.1, -0.05) is 11.6 Å². The number of nitrogens with zero attached hydrogens (tertiary/aromatic N) is 1. The van der Waals surface area contributed by atoms with Gasteiger partial charge in [-0.25, -0.2) is 14.4 Å². The zero-order valence-electron chi connectivity index (χ0n) is 17.6. The topological polar surface area (TPSA) is 102 Å². The predicted octanol–water partition coefficient (Wildman–Crippen LogP) is 3.42. The summed E-state index contributed by atoms with van der Waals surface area (Å²) in [6.45, 7) is 11.5. The standard InChI is InChI=1S/C19H33NO7/c1-13(12-21)10-9-11-14(15(22)25-8)20(16(23)26-18(2,3)4)17(24)27-19(5,6)7/h10,14,21H,9,11-12H2,1-8H3/b13-10-/t14-/m0/s1. The third-order valence-corrected chi connectivity index (χ3v) is 3.15. The molecule has 0 aromatic heterocycles. The van der Waals surface area contributed by atoms with Crippen molar-refractivity contribution in [1.82, 2.24) is 4.90 Å². The van der Waals surface area contributed by atoms with E-state index in [0.29, 0.717) is 16.9 Å². The molecule has 0 unspecified atom stereocenters. The Kier molecular flexibility index (Phi) is 9.50. The number of aliphatic hydroxyl groups is 1. The Morgan fingerprint density at radius 3 is 1.78 bits per heavy atom. The molecule has 0 aromatic rings. The first-order valence-electron chi connectivity index (χ1n) is 8.81. The van der Waals surface area contributed by atoms with E-state index in [-0.39, 0.29) is 13.0 Å². The van der Waals surface area contributed by atoms with Crippen LogP contribution in [0.2, 0.25) is 0 Å². The number of allylic oxidation sites excluding steroid dienone is 1. The normalized spacial score (nSPS) is 13.6. The lowest BCUT2D eigenvalue weighted by Gasteiger charge is -2.32. The minimum Gasteiger partial charge on any atom is -0.467 e. The average Bonchev–Trinajstić information content (AvgIpc) is 2.49. The van der Waals surface area contributed by atoms with E-state index in [2.05, 4.69) is 0 Å². The maximum absolute atomic E-state index is 12.6. The molecule has 27 heavy (non-hydrogen) atoms. The Hall–Kier alpha value is -2.09. The lowest BCUT2D eigenvalue weighted by atomic mass is 10.1. The van der Waals surface area contributed by atoms with Crippen LogP contribution in [0.3, 0.4) is 0 Å². The molecule has 0 aliphatic carbocycles. The van der Waals surface area contributed by atoms with Gasteiger partial charge in [-0.3, -0.25) is 0 Å². The number of methoxy groups -OCH3 is 1. The van der Waals surface area contributed by atoms with Gasteiger partial charge in [0, 0.05) is 0 Å². The maximum Gasteiger partial charge on any atom is 0.420 e. The molecule has 0 saturated carbocycles. The van der Waals surface area contributed by atoms with E-state index in [0.717, 1.165) is 0 Å². The van der Waals surface area contributed by atoms with Gasteiger partial charge in [0.1, 0.15) is 17.2 Å². The summed E-state index contributed by atoms with van der Waals surface area (Å²) in [5, 5.41) is 9.08. The van der Waals surface area contributed by atoms with Crippen LogP contribution in [-0.2, 0) is 19.0 Å². The number of aliphatic hydroxyl groups excluding tert-OH is 1. The molecule has 0 spiro atoms. The fraction of sp³-hybridized carbons (Fsp3) is 0.737. The molecule has 0 aliphatic heterocycles. The summed E-state index contributed by atoms with van der Waals surface area (Å²) < 4.78 is 15.3. The van der Waals surface area contributed by atoms with Gasteiger partial charge in [0.05, 0.1) is 13.7 Å². The highest BCUT2D eigenvalue weighted by Gasteiger charge is 2.40. The second-order valence-electron chi connectivity index (χ2n) is 8.16. The van der Waals surface area contributed by atoms with Crippen LogP contribution in [0.1, 0.15) is 61.3 Å². The van der Waals surface area contributed by atoms with Crippen molar-refractivity contribution in [2.24, 2.45) is 0 Å². The summed E-state index contributed by atoms with van der Waals surface area (Å²) in [4.78, 5) is 38.2. The van der Waals surface area contributed by atoms with Crippen molar-refractivity contribution in [3.63, 3.8) is 0 Å². The number of imide groups is 1. The summed E-state index contributed by atoms with van der Waals surface area (Å²) in [6.07, 6.45) is 0.180. The quantitative estimate of drug-likeness (QED) is 0.423. The Morgan fingerprint density at radius 2 is 1.44 bits per heavy atom. The van der Waals surface area contributed by atoms with Gasteiger partial charge >= 0.3 is 18.2 Å². The van der Waals surface area contributed by atoms with Gasteiger partial charge < -0.3 is 19.3 Å². The molecule has 0 heterocycles. The van der Waals surface area contributed by atoms with E-state index in [1.807, 2.05) is 0 Å². The van der Waals surface area contributed by atoms with Crippen LogP contribution in [0.4, 0.5) is 9.59 Å². The lowest BCUT2D eigenvalue weighted by Crippen LogP contribution is -2.52. The fourth-order valence-corrected chi connectivity index (χ4v) is 1.99. The molecule has 0 aliphatic rings. The zero-order chi connectivity index (χ0) is 21.4. The van der Waals surface area contributed by atoms with E-state index in [1.165, 1.54) is 7.11 Å². The summed E-state index contributed by atoms with van der Waals surface area (Å²) >= 11 is 0. The minimum atomic E-state index is -1.22. The summed E-state index contributed by atoms with van der Waals surface area (Å²) in [6, 6.07) is -1.22. The average molecular weight is 387 g/mol. The fourth-order valence-electron chi connectivity index (χ4n) is 1.99. The van der Waals surface area contributed by atoms with Gasteiger partial charge in [0.15, 0.2) is 0 Å². The molecule has 1 atom stereocenters. The van der Waals surface area contributed by atoms with Crippen molar-refractivity contribution in [3.05, 3.63) is 11.6 Å². The van der Waals surface area contributed by atoms with Gasteiger partial charge in [-0.2, -0.15) is 4.90 Å². The minimum absolute atomic E-state index is 0.0997. The zero-order valence-corrected chi connectivity index (χ0v) is 17.6. The molecule has 0 saturated heterocycles. The third kappa shape index (κ3) is 9.98. The Labute approximate surface area is 161 Å². The number of ether oxygens (including phenoxy) is 3. The molecule has 0 fully saturated rings. The largest absolute Gasteiger partial charge is 0.467 e. The van der Waals surface area contributed by atoms with E-state index >= 15 is 0 Å². The van der Waals surface area contributed by atoms with Crippen molar-refractivity contribution in [2.45, 2.75) is 78.6 Å². The van der Waals surface area contributed by atoms with E-state index in [4.69, 9.17) is 19.3 Å². The molecular weight excluding hydrogens is 354 g/mol. The van der Waals surface area contributed by atoms with Crippen molar-refractivity contribution in [3.8, 4) is 0 Å². The van der Waals surface area contributed by atoms with Crippen molar-refractivity contribution in [2.75, 3.05) is 13.7 Å². The second-order valence-corrected chi connectivity index (χ2v) is 8.16. The van der Waals surface area contributed by atoms with Crippen molar-refractivity contribution >= 4 is 18.2 Å². The van der Waals surface area contributed by atoms with E-state index in [1.54, 1.807) is 54.5 Å². The summed E-state index contributed by atoms with van der Waals surface area (Å²) in [5.41, 5.74) is -1.03. The summed E-state index contributed by atoms with van der Waals surface area (Å²) in [5.74, 6) is -0.762. The van der Waals surface area contributed by atoms with E-state index < -0.39 is 35.4 Å². The first-order valence-corrected chi connectivity index (χ1v) is 8.81. The number of hydrogen-bond acceptors (Lipinski definition) is 7. The van der Waals surface area contributed by atoms with Crippen LogP contribution in [0, 0.1) is 0 Å². The number of esters is 1. The molecular formula is C19H33NO7. The first-order chi connectivity index (χ1) is 12.2. The van der Waals surface area contributed by atoms with Crippen LogP contribution in [0.25, 0.3) is 0 Å². The molecule has 2 amide bonds. The van der Waals surface area contributed by atoms with Gasteiger partial charge in [0.2, 0.25) is 0 Å². The molecule has 8 nitrogen and oxygen atoms in total. The van der Waals surface area contributed by atoms with Crippen molar-refractivity contribution in [1.29, 1.82) is 0 Å². The van der Waals surface area contributed by atoms with Crippen LogP contribution in [0.5, 0.6) is 0 Å². The molecule has 0 rings (SSSR count). The third-order valence-electron chi connectivity index (χ3n) is 3.15. The first kappa shape index (κ1) is 24.9. The maximum atomic E-state index is 12.6. The highest BCUT2D eigenvalue weighted by Crippen LogP contribution is 2.20. The number of amides is 2. The Balaban J connectivity index is 5.77. The molecule has 1 N–H and O–H groups in total. The smallest absolute Gasteiger partial charge is 0.420 e. The SMILES string of the molecule is COC(=O)[C@H](CC/C=C(/C)CO)N(C(=O)OC(C)(C)C)C(=O)OC(C)(C)C. The summed E-state index contributed by atoms with van der Waals surface area (Å²) in [7, 11) is 1.17. The number of rotatable bonds is 6. The molecule has 8 heteroatoms. The van der Waals surface area contributed by atoms with Crippen LogP contribution in [-0.4, -0.2) is 59.1 Å². The van der Waals surface area contributed by atoms with Crippen LogP contribution in [0.15, 0.2) is 11.6 Å². The number of carbonyl (C=O) groups excluding carboxylic acids is 3. The monoisotopic (exact) mass is 387 g/mol. The Bertz CT molecular complexity index is 527. The second kappa shape index (κ2) is 10.3. The highest BCUT2D eigenvalue weighted by molar-refractivity contribution is 5.94. The highest BCUT2D eigenvalue weighted by atomic mass is 16.6. The Morgan fingerprint density at radius 1 is 1.00 bits per heavy atom. The van der Waals surface area contributed by atoms with Gasteiger partial charge in [0.25, 0.3) is 0 Å². The van der Waals surface area contributed by atoms with Gasteiger partial charge in [-0.15, -0.1) is 0 Å². The number of hydrogen-bond donors (Lipinski definition) is 1. The number of carbonyl (C=O) groups is 3. The van der Waals surface area contributed by atoms with Crippen molar-refractivity contribution < 1.29 is 33.7 Å². The predicted molar refractivity (Wildman–Crippen MR) is 100 cm³/mol.